The van der Waals surface area contributed by atoms with Crippen molar-refractivity contribution in [3.63, 3.8) is 0 Å². The Morgan fingerprint density at radius 3 is 2.81 bits per heavy atom. The van der Waals surface area contributed by atoms with Gasteiger partial charge in [0.05, 0.1) is 13.2 Å². The van der Waals surface area contributed by atoms with E-state index in [0.717, 1.165) is 72.8 Å². The van der Waals surface area contributed by atoms with Crippen LogP contribution in [0.1, 0.15) is 31.2 Å². The van der Waals surface area contributed by atoms with Gasteiger partial charge in [-0.15, -0.1) is 0 Å². The summed E-state index contributed by atoms with van der Waals surface area (Å²) in [6.07, 6.45) is 6.36. The second-order valence-corrected chi connectivity index (χ2v) is 9.28. The molecule has 8 nitrogen and oxygen atoms in total. The van der Waals surface area contributed by atoms with Gasteiger partial charge in [0.25, 0.3) is 0 Å². The van der Waals surface area contributed by atoms with Crippen LogP contribution in [0.15, 0.2) is 30.5 Å². The van der Waals surface area contributed by atoms with Gasteiger partial charge in [-0.3, -0.25) is 4.90 Å². The molecule has 0 spiro atoms. The van der Waals surface area contributed by atoms with E-state index >= 15 is 0 Å². The van der Waals surface area contributed by atoms with Gasteiger partial charge in [0, 0.05) is 37.9 Å². The standard InChI is InChI=1S/C22H29N7OS/c23-16-4-1-2-5-17(16)25-19-12-15(14-29-8-10-30-11-9-29)13-20(27-19)28-22-26-18-6-3-7-24-21(18)31-22/h3,6-7,12-13,16-17H,1-2,4-5,8-11,14,23H2,(H2,25,26,27,28). The maximum Gasteiger partial charge on any atom is 0.190 e. The molecule has 3 aromatic heterocycles. The molecule has 5 rings (SSSR count). The maximum absolute atomic E-state index is 6.38. The van der Waals surface area contributed by atoms with Gasteiger partial charge in [-0.2, -0.15) is 0 Å². The average Bonchev–Trinajstić information content (AvgIpc) is 3.18. The first-order valence-electron chi connectivity index (χ1n) is 11.0. The zero-order chi connectivity index (χ0) is 21.0. The Labute approximate surface area is 186 Å². The van der Waals surface area contributed by atoms with Crippen LogP contribution in [0.5, 0.6) is 0 Å². The number of hydrogen-bond donors (Lipinski definition) is 3. The van der Waals surface area contributed by atoms with Crippen molar-refractivity contribution in [2.75, 3.05) is 36.9 Å². The van der Waals surface area contributed by atoms with E-state index in [4.69, 9.17) is 15.5 Å². The van der Waals surface area contributed by atoms with Crippen LogP contribution in [0.4, 0.5) is 16.8 Å². The van der Waals surface area contributed by atoms with Crippen molar-refractivity contribution in [3.05, 3.63) is 36.0 Å². The highest BCUT2D eigenvalue weighted by atomic mass is 32.1. The van der Waals surface area contributed by atoms with E-state index in [1.165, 1.54) is 29.7 Å². The summed E-state index contributed by atoms with van der Waals surface area (Å²) < 4.78 is 5.50. The highest BCUT2D eigenvalue weighted by molar-refractivity contribution is 7.21. The van der Waals surface area contributed by atoms with Crippen molar-refractivity contribution < 1.29 is 4.74 Å². The normalized spacial score (nSPS) is 22.5. The molecule has 164 valence electrons. The van der Waals surface area contributed by atoms with E-state index in [1.54, 1.807) is 6.20 Å². The number of morpholine rings is 1. The van der Waals surface area contributed by atoms with E-state index in [9.17, 15) is 0 Å². The van der Waals surface area contributed by atoms with Crippen molar-refractivity contribution in [2.45, 2.75) is 44.3 Å². The zero-order valence-electron chi connectivity index (χ0n) is 17.6. The number of nitrogens with one attached hydrogen (secondary N) is 2. The van der Waals surface area contributed by atoms with E-state index in [1.807, 2.05) is 12.1 Å². The molecule has 1 aliphatic heterocycles. The van der Waals surface area contributed by atoms with Crippen LogP contribution in [0.25, 0.3) is 10.3 Å². The molecule has 9 heteroatoms. The number of thiazole rings is 1. The third kappa shape index (κ3) is 5.12. The van der Waals surface area contributed by atoms with Gasteiger partial charge >= 0.3 is 0 Å². The number of anilines is 3. The molecule has 2 atom stereocenters. The number of rotatable bonds is 6. The lowest BCUT2D eigenvalue weighted by Gasteiger charge is -2.30. The van der Waals surface area contributed by atoms with Crippen LogP contribution in [0.3, 0.4) is 0 Å². The second-order valence-electron chi connectivity index (χ2n) is 8.31. The van der Waals surface area contributed by atoms with Gasteiger partial charge in [-0.1, -0.05) is 24.2 Å². The number of nitrogens with zero attached hydrogens (tertiary/aromatic N) is 4. The molecule has 0 amide bonds. The maximum atomic E-state index is 6.38. The lowest BCUT2D eigenvalue weighted by atomic mass is 9.91. The Bertz CT molecular complexity index is 987. The van der Waals surface area contributed by atoms with Gasteiger partial charge in [0.1, 0.15) is 22.0 Å². The summed E-state index contributed by atoms with van der Waals surface area (Å²) in [5.74, 6) is 1.66. The Morgan fingerprint density at radius 1 is 1.13 bits per heavy atom. The quantitative estimate of drug-likeness (QED) is 0.538. The number of ether oxygens (including phenoxy) is 1. The Kier molecular flexibility index (Phi) is 6.26. The smallest absolute Gasteiger partial charge is 0.190 e. The van der Waals surface area contributed by atoms with Crippen LogP contribution in [-0.4, -0.2) is 58.2 Å². The van der Waals surface area contributed by atoms with Crippen LogP contribution < -0.4 is 16.4 Å². The lowest BCUT2D eigenvalue weighted by molar-refractivity contribution is 0.0342. The van der Waals surface area contributed by atoms with Gasteiger partial charge in [-0.25, -0.2) is 15.0 Å². The molecular weight excluding hydrogens is 410 g/mol. The van der Waals surface area contributed by atoms with Crippen molar-refractivity contribution in [1.82, 2.24) is 19.9 Å². The van der Waals surface area contributed by atoms with E-state index in [2.05, 4.69) is 37.6 Å². The lowest BCUT2D eigenvalue weighted by Crippen LogP contribution is -2.42. The molecule has 1 saturated carbocycles. The average molecular weight is 440 g/mol. The largest absolute Gasteiger partial charge is 0.379 e. The van der Waals surface area contributed by atoms with Gasteiger partial charge < -0.3 is 21.1 Å². The Hall–Kier alpha value is -2.33. The number of aromatic nitrogens is 3. The molecule has 31 heavy (non-hydrogen) atoms. The minimum absolute atomic E-state index is 0.171. The summed E-state index contributed by atoms with van der Waals surface area (Å²) in [7, 11) is 0. The van der Waals surface area contributed by atoms with E-state index < -0.39 is 0 Å². The number of fused-ring (bicyclic) bond motifs is 1. The molecule has 3 aromatic rings. The second kappa shape index (κ2) is 9.44. The molecule has 2 fully saturated rings. The SMILES string of the molecule is NC1CCCCC1Nc1cc(CN2CCOCC2)cc(Nc2nc3cccnc3s2)n1. The first-order chi connectivity index (χ1) is 15.2. The van der Waals surface area contributed by atoms with Gasteiger partial charge in [-0.05, 0) is 42.7 Å². The third-order valence-electron chi connectivity index (χ3n) is 5.95. The summed E-state index contributed by atoms with van der Waals surface area (Å²) in [6.45, 7) is 4.34. The number of nitrogens with two attached hydrogens (primary N) is 1. The highest BCUT2D eigenvalue weighted by Gasteiger charge is 2.22. The predicted molar refractivity (Wildman–Crippen MR) is 125 cm³/mol. The van der Waals surface area contributed by atoms with Crippen molar-refractivity contribution in [1.29, 1.82) is 0 Å². The Morgan fingerprint density at radius 2 is 1.97 bits per heavy atom. The molecule has 0 bridgehead atoms. The molecule has 0 radical (unpaired) electrons. The molecule has 0 aromatic carbocycles. The van der Waals surface area contributed by atoms with E-state index in [-0.39, 0.29) is 12.1 Å². The molecule has 2 unspecified atom stereocenters. The zero-order valence-corrected chi connectivity index (χ0v) is 18.4. The summed E-state index contributed by atoms with van der Waals surface area (Å²) in [6, 6.07) is 8.58. The first kappa shape index (κ1) is 20.6. The van der Waals surface area contributed by atoms with Crippen LogP contribution in [0.2, 0.25) is 0 Å². The van der Waals surface area contributed by atoms with Crippen molar-refractivity contribution in [3.8, 4) is 0 Å². The minimum atomic E-state index is 0.171. The molecule has 4 heterocycles. The Balaban J connectivity index is 1.39. The summed E-state index contributed by atoms with van der Waals surface area (Å²) in [5, 5.41) is 7.81. The highest BCUT2D eigenvalue weighted by Crippen LogP contribution is 2.28. The van der Waals surface area contributed by atoms with Crippen LogP contribution >= 0.6 is 11.3 Å². The van der Waals surface area contributed by atoms with E-state index in [0.29, 0.717) is 0 Å². The van der Waals surface area contributed by atoms with Crippen molar-refractivity contribution >= 4 is 38.5 Å². The molecule has 1 saturated heterocycles. The number of hydrogen-bond acceptors (Lipinski definition) is 9. The van der Waals surface area contributed by atoms with Crippen molar-refractivity contribution in [2.24, 2.45) is 5.73 Å². The summed E-state index contributed by atoms with van der Waals surface area (Å²) in [5.41, 5.74) is 8.48. The number of pyridine rings is 2. The monoisotopic (exact) mass is 439 g/mol. The van der Waals surface area contributed by atoms with Crippen LogP contribution in [-0.2, 0) is 11.3 Å². The summed E-state index contributed by atoms with van der Waals surface area (Å²) in [4.78, 5) is 17.2. The fourth-order valence-corrected chi connectivity index (χ4v) is 5.11. The third-order valence-corrected chi connectivity index (χ3v) is 6.84. The first-order valence-corrected chi connectivity index (χ1v) is 11.9. The van der Waals surface area contributed by atoms with Gasteiger partial charge in [0.2, 0.25) is 0 Å². The molecule has 4 N–H and O–H groups in total. The van der Waals surface area contributed by atoms with Gasteiger partial charge in [0.15, 0.2) is 5.13 Å². The molecular formula is C22H29N7OS. The summed E-state index contributed by atoms with van der Waals surface area (Å²) >= 11 is 1.53. The molecule has 1 aliphatic carbocycles. The topological polar surface area (TPSA) is 101 Å². The van der Waals surface area contributed by atoms with Crippen LogP contribution in [0, 0.1) is 0 Å². The minimum Gasteiger partial charge on any atom is -0.379 e. The fraction of sp³-hybridized carbons (Fsp3) is 0.500. The predicted octanol–water partition coefficient (Wildman–Crippen LogP) is 3.34. The fourth-order valence-electron chi connectivity index (χ4n) is 4.30. The molecule has 2 aliphatic rings.